The molecule has 0 radical (unpaired) electrons. The SMILES string of the molecule is O=C(CCCO)Nc1cccc(Cn2ccnc2)c1. The molecule has 0 atom stereocenters. The van der Waals surface area contributed by atoms with Gasteiger partial charge in [0.2, 0.25) is 5.91 Å². The van der Waals surface area contributed by atoms with Gasteiger partial charge in [0, 0.05) is 37.7 Å². The number of hydrogen-bond donors (Lipinski definition) is 2. The van der Waals surface area contributed by atoms with Crippen molar-refractivity contribution in [2.24, 2.45) is 0 Å². The smallest absolute Gasteiger partial charge is 0.224 e. The van der Waals surface area contributed by atoms with Crippen molar-refractivity contribution in [1.82, 2.24) is 9.55 Å². The first-order valence-corrected chi connectivity index (χ1v) is 6.23. The quantitative estimate of drug-likeness (QED) is 0.828. The molecule has 100 valence electrons. The Kier molecular flexibility index (Phi) is 4.69. The number of aliphatic hydroxyl groups excluding tert-OH is 1. The number of amides is 1. The van der Waals surface area contributed by atoms with Gasteiger partial charge < -0.3 is 15.0 Å². The number of carbonyl (C=O) groups is 1. The number of benzene rings is 1. The molecule has 2 N–H and O–H groups in total. The first-order valence-electron chi connectivity index (χ1n) is 6.23. The lowest BCUT2D eigenvalue weighted by atomic mass is 10.2. The molecule has 0 aliphatic heterocycles. The highest BCUT2D eigenvalue weighted by atomic mass is 16.3. The minimum absolute atomic E-state index is 0.0358. The van der Waals surface area contributed by atoms with Crippen LogP contribution in [0.4, 0.5) is 5.69 Å². The van der Waals surface area contributed by atoms with Gasteiger partial charge >= 0.3 is 0 Å². The summed E-state index contributed by atoms with van der Waals surface area (Å²) in [6, 6.07) is 7.71. The second kappa shape index (κ2) is 6.70. The molecule has 0 fully saturated rings. The highest BCUT2D eigenvalue weighted by Crippen LogP contribution is 2.12. The largest absolute Gasteiger partial charge is 0.396 e. The maximum absolute atomic E-state index is 11.6. The van der Waals surface area contributed by atoms with Gasteiger partial charge in [0.05, 0.1) is 6.33 Å². The lowest BCUT2D eigenvalue weighted by Gasteiger charge is -2.07. The molecule has 0 saturated heterocycles. The third-order valence-corrected chi connectivity index (χ3v) is 2.70. The Balaban J connectivity index is 1.97. The van der Waals surface area contributed by atoms with E-state index in [4.69, 9.17) is 5.11 Å². The van der Waals surface area contributed by atoms with Gasteiger partial charge in [0.1, 0.15) is 0 Å². The molecule has 0 spiro atoms. The fourth-order valence-corrected chi connectivity index (χ4v) is 1.80. The Labute approximate surface area is 111 Å². The van der Waals surface area contributed by atoms with Crippen molar-refractivity contribution in [3.8, 4) is 0 Å². The molecule has 0 aliphatic rings. The maximum atomic E-state index is 11.6. The normalized spacial score (nSPS) is 10.4. The number of carbonyl (C=O) groups excluding carboxylic acids is 1. The number of aromatic nitrogens is 2. The summed E-state index contributed by atoms with van der Waals surface area (Å²) in [5, 5.41) is 11.5. The van der Waals surface area contributed by atoms with Gasteiger partial charge in [-0.25, -0.2) is 4.98 Å². The van der Waals surface area contributed by atoms with Crippen molar-refractivity contribution in [2.45, 2.75) is 19.4 Å². The van der Waals surface area contributed by atoms with Crippen LogP contribution in [-0.2, 0) is 11.3 Å². The topological polar surface area (TPSA) is 67.2 Å². The lowest BCUT2D eigenvalue weighted by Crippen LogP contribution is -2.12. The van der Waals surface area contributed by atoms with Gasteiger partial charge in [0.15, 0.2) is 0 Å². The molecular formula is C14H17N3O2. The highest BCUT2D eigenvalue weighted by molar-refractivity contribution is 5.90. The minimum Gasteiger partial charge on any atom is -0.396 e. The summed E-state index contributed by atoms with van der Waals surface area (Å²) in [7, 11) is 0. The molecule has 2 rings (SSSR count). The second-order valence-electron chi connectivity index (χ2n) is 4.31. The van der Waals surface area contributed by atoms with E-state index in [1.165, 1.54) is 0 Å². The molecule has 1 amide bonds. The lowest BCUT2D eigenvalue weighted by molar-refractivity contribution is -0.116. The molecule has 1 aromatic heterocycles. The number of hydrogen-bond acceptors (Lipinski definition) is 3. The van der Waals surface area contributed by atoms with Crippen LogP contribution < -0.4 is 5.32 Å². The number of anilines is 1. The van der Waals surface area contributed by atoms with Crippen LogP contribution >= 0.6 is 0 Å². The molecule has 0 unspecified atom stereocenters. The number of aliphatic hydroxyl groups is 1. The van der Waals surface area contributed by atoms with Crippen molar-refractivity contribution in [2.75, 3.05) is 11.9 Å². The molecule has 1 heterocycles. The zero-order valence-electron chi connectivity index (χ0n) is 10.6. The Bertz CT molecular complexity index is 523. The van der Waals surface area contributed by atoms with E-state index >= 15 is 0 Å². The van der Waals surface area contributed by atoms with Crippen LogP contribution in [0.25, 0.3) is 0 Å². The molecule has 1 aromatic carbocycles. The van der Waals surface area contributed by atoms with Crippen LogP contribution in [-0.4, -0.2) is 27.2 Å². The fraction of sp³-hybridized carbons (Fsp3) is 0.286. The van der Waals surface area contributed by atoms with Crippen molar-refractivity contribution >= 4 is 11.6 Å². The summed E-state index contributed by atoms with van der Waals surface area (Å²) in [4.78, 5) is 15.6. The van der Waals surface area contributed by atoms with Crippen LogP contribution in [0.1, 0.15) is 18.4 Å². The molecule has 5 nitrogen and oxygen atoms in total. The van der Waals surface area contributed by atoms with E-state index in [1.54, 1.807) is 12.5 Å². The predicted molar refractivity (Wildman–Crippen MR) is 72.7 cm³/mol. The summed E-state index contributed by atoms with van der Waals surface area (Å²) in [6.45, 7) is 0.758. The van der Waals surface area contributed by atoms with Crippen LogP contribution in [0.3, 0.4) is 0 Å². The van der Waals surface area contributed by atoms with Gasteiger partial charge in [-0.3, -0.25) is 4.79 Å². The maximum Gasteiger partial charge on any atom is 0.224 e. The van der Waals surface area contributed by atoms with Crippen LogP contribution in [0.2, 0.25) is 0 Å². The Morgan fingerprint density at radius 1 is 1.42 bits per heavy atom. The molecule has 2 aromatic rings. The number of imidazole rings is 1. The van der Waals surface area contributed by atoms with Gasteiger partial charge in [0.25, 0.3) is 0 Å². The van der Waals surface area contributed by atoms with E-state index in [1.807, 2.05) is 35.0 Å². The first-order chi connectivity index (χ1) is 9.28. The first kappa shape index (κ1) is 13.3. The van der Waals surface area contributed by atoms with E-state index in [-0.39, 0.29) is 12.5 Å². The van der Waals surface area contributed by atoms with Crippen LogP contribution in [0.5, 0.6) is 0 Å². The van der Waals surface area contributed by atoms with Gasteiger partial charge in [-0.15, -0.1) is 0 Å². The zero-order valence-corrected chi connectivity index (χ0v) is 10.6. The van der Waals surface area contributed by atoms with Crippen LogP contribution in [0, 0.1) is 0 Å². The molecule has 0 aliphatic carbocycles. The van der Waals surface area contributed by atoms with Gasteiger partial charge in [-0.2, -0.15) is 0 Å². The Hall–Kier alpha value is -2.14. The zero-order chi connectivity index (χ0) is 13.5. The molecular weight excluding hydrogens is 242 g/mol. The number of nitrogens with zero attached hydrogens (tertiary/aromatic N) is 2. The van der Waals surface area contributed by atoms with E-state index < -0.39 is 0 Å². The van der Waals surface area contributed by atoms with Gasteiger partial charge in [-0.1, -0.05) is 12.1 Å². The van der Waals surface area contributed by atoms with E-state index in [0.717, 1.165) is 17.8 Å². The third-order valence-electron chi connectivity index (χ3n) is 2.70. The predicted octanol–water partition coefficient (Wildman–Crippen LogP) is 1.64. The second-order valence-corrected chi connectivity index (χ2v) is 4.31. The summed E-state index contributed by atoms with van der Waals surface area (Å²) in [6.07, 6.45) is 6.21. The molecule has 0 saturated carbocycles. The van der Waals surface area contributed by atoms with E-state index in [0.29, 0.717) is 12.8 Å². The van der Waals surface area contributed by atoms with Crippen molar-refractivity contribution in [3.63, 3.8) is 0 Å². The van der Waals surface area contributed by atoms with Crippen molar-refractivity contribution in [1.29, 1.82) is 0 Å². The van der Waals surface area contributed by atoms with Gasteiger partial charge in [-0.05, 0) is 24.1 Å². The molecule has 19 heavy (non-hydrogen) atoms. The Morgan fingerprint density at radius 3 is 3.05 bits per heavy atom. The minimum atomic E-state index is -0.0752. The average molecular weight is 259 g/mol. The number of rotatable bonds is 6. The summed E-state index contributed by atoms with van der Waals surface area (Å²) < 4.78 is 1.96. The van der Waals surface area contributed by atoms with Crippen LogP contribution in [0.15, 0.2) is 43.0 Å². The van der Waals surface area contributed by atoms with E-state index in [2.05, 4.69) is 10.3 Å². The van der Waals surface area contributed by atoms with Crippen molar-refractivity contribution in [3.05, 3.63) is 48.5 Å². The standard InChI is InChI=1S/C14H17N3O2/c18-8-2-5-14(19)16-13-4-1-3-12(9-13)10-17-7-6-15-11-17/h1,3-4,6-7,9,11,18H,2,5,8,10H2,(H,16,19). The summed E-state index contributed by atoms with van der Waals surface area (Å²) >= 11 is 0. The number of nitrogens with one attached hydrogen (secondary N) is 1. The highest BCUT2D eigenvalue weighted by Gasteiger charge is 2.02. The van der Waals surface area contributed by atoms with E-state index in [9.17, 15) is 4.79 Å². The average Bonchev–Trinajstić information content (AvgIpc) is 2.89. The third kappa shape index (κ3) is 4.22. The Morgan fingerprint density at radius 2 is 2.32 bits per heavy atom. The molecule has 0 bridgehead atoms. The summed E-state index contributed by atoms with van der Waals surface area (Å²) in [5.74, 6) is -0.0752. The monoisotopic (exact) mass is 259 g/mol. The summed E-state index contributed by atoms with van der Waals surface area (Å²) in [5.41, 5.74) is 1.87. The fourth-order valence-electron chi connectivity index (χ4n) is 1.80. The molecule has 5 heteroatoms. The van der Waals surface area contributed by atoms with Crippen molar-refractivity contribution < 1.29 is 9.90 Å².